The Hall–Kier alpha value is -2.41. The molecule has 7 heteroatoms. The van der Waals surface area contributed by atoms with E-state index >= 15 is 0 Å². The lowest BCUT2D eigenvalue weighted by Crippen LogP contribution is -2.35. The van der Waals surface area contributed by atoms with Gasteiger partial charge in [0.15, 0.2) is 0 Å². The van der Waals surface area contributed by atoms with Crippen LogP contribution in [-0.4, -0.2) is 24.9 Å². The van der Waals surface area contributed by atoms with Gasteiger partial charge in [0.05, 0.1) is 11.1 Å². The Morgan fingerprint density at radius 2 is 1.52 bits per heavy atom. The zero-order valence-electron chi connectivity index (χ0n) is 12.0. The van der Waals surface area contributed by atoms with Crippen LogP contribution in [0.5, 0.6) is 0 Å². The van der Waals surface area contributed by atoms with Crippen molar-refractivity contribution in [3.05, 3.63) is 65.2 Å². The molecule has 0 fully saturated rings. The molecule has 0 heterocycles. The molecule has 0 atom stereocenters. The van der Waals surface area contributed by atoms with Crippen molar-refractivity contribution in [1.82, 2.24) is 10.6 Å². The van der Waals surface area contributed by atoms with Crippen molar-refractivity contribution < 1.29 is 18.4 Å². The van der Waals surface area contributed by atoms with Crippen LogP contribution in [0, 0.1) is 11.6 Å². The van der Waals surface area contributed by atoms with Gasteiger partial charge in [-0.3, -0.25) is 9.59 Å². The second kappa shape index (κ2) is 7.73. The highest BCUT2D eigenvalue weighted by Gasteiger charge is 2.12. The molecule has 0 radical (unpaired) electrons. The van der Waals surface area contributed by atoms with Gasteiger partial charge in [0.25, 0.3) is 11.8 Å². The van der Waals surface area contributed by atoms with Crippen LogP contribution >= 0.6 is 12.6 Å². The summed E-state index contributed by atoms with van der Waals surface area (Å²) in [7, 11) is 0. The fourth-order valence-corrected chi connectivity index (χ4v) is 2.14. The summed E-state index contributed by atoms with van der Waals surface area (Å²) in [6, 6.07) is 9.50. The summed E-state index contributed by atoms with van der Waals surface area (Å²) in [5, 5.41) is 5.06. The molecule has 0 unspecified atom stereocenters. The molecule has 0 saturated carbocycles. The molecule has 23 heavy (non-hydrogen) atoms. The van der Waals surface area contributed by atoms with E-state index in [1.165, 1.54) is 0 Å². The molecule has 2 rings (SSSR count). The third-order valence-corrected chi connectivity index (χ3v) is 3.41. The number of benzene rings is 2. The number of amides is 2. The van der Waals surface area contributed by atoms with Crippen LogP contribution in [0.15, 0.2) is 47.4 Å². The van der Waals surface area contributed by atoms with Gasteiger partial charge in [-0.15, -0.1) is 12.6 Å². The van der Waals surface area contributed by atoms with Crippen LogP contribution in [0.4, 0.5) is 8.78 Å². The van der Waals surface area contributed by atoms with Gasteiger partial charge in [0.1, 0.15) is 11.6 Å². The quantitative estimate of drug-likeness (QED) is 0.580. The van der Waals surface area contributed by atoms with E-state index in [0.717, 1.165) is 12.1 Å². The Morgan fingerprint density at radius 3 is 2.13 bits per heavy atom. The highest BCUT2D eigenvalue weighted by molar-refractivity contribution is 7.80. The standard InChI is InChI=1S/C16H14F2N2O2S/c17-10-5-6-11(13(18)9-10)15(21)19-7-8-20-16(22)12-3-1-2-4-14(12)23/h1-6,9,23H,7-8H2,(H,19,21)(H,20,22). The van der Waals surface area contributed by atoms with Gasteiger partial charge in [0, 0.05) is 24.1 Å². The first kappa shape index (κ1) is 17.0. The Labute approximate surface area is 137 Å². The molecule has 0 aliphatic carbocycles. The van der Waals surface area contributed by atoms with Gasteiger partial charge in [-0.25, -0.2) is 8.78 Å². The molecular formula is C16H14F2N2O2S. The molecule has 2 amide bonds. The Kier molecular flexibility index (Phi) is 5.70. The molecule has 2 aromatic rings. The van der Waals surface area contributed by atoms with E-state index in [9.17, 15) is 18.4 Å². The fraction of sp³-hybridized carbons (Fsp3) is 0.125. The molecule has 0 saturated heterocycles. The zero-order chi connectivity index (χ0) is 16.8. The predicted molar refractivity (Wildman–Crippen MR) is 84.7 cm³/mol. The largest absolute Gasteiger partial charge is 0.350 e. The van der Waals surface area contributed by atoms with E-state index in [4.69, 9.17) is 0 Å². The molecular weight excluding hydrogens is 322 g/mol. The third-order valence-electron chi connectivity index (χ3n) is 3.02. The summed E-state index contributed by atoms with van der Waals surface area (Å²) < 4.78 is 26.2. The smallest absolute Gasteiger partial charge is 0.254 e. The minimum Gasteiger partial charge on any atom is -0.350 e. The van der Waals surface area contributed by atoms with E-state index in [0.29, 0.717) is 16.5 Å². The lowest BCUT2D eigenvalue weighted by Gasteiger charge is -2.09. The lowest BCUT2D eigenvalue weighted by atomic mass is 10.2. The first-order chi connectivity index (χ1) is 11.0. The van der Waals surface area contributed by atoms with E-state index in [2.05, 4.69) is 23.3 Å². The zero-order valence-corrected chi connectivity index (χ0v) is 12.9. The average Bonchev–Trinajstić information content (AvgIpc) is 2.51. The molecule has 0 spiro atoms. The molecule has 0 aromatic heterocycles. The summed E-state index contributed by atoms with van der Waals surface area (Å²) in [4.78, 5) is 24.2. The molecule has 0 bridgehead atoms. The van der Waals surface area contributed by atoms with Gasteiger partial charge in [0.2, 0.25) is 0 Å². The molecule has 0 aliphatic rings. The van der Waals surface area contributed by atoms with Crippen LogP contribution in [0.3, 0.4) is 0 Å². The van der Waals surface area contributed by atoms with Crippen LogP contribution in [0.2, 0.25) is 0 Å². The highest BCUT2D eigenvalue weighted by atomic mass is 32.1. The van der Waals surface area contributed by atoms with Gasteiger partial charge < -0.3 is 10.6 Å². The third kappa shape index (κ3) is 4.53. The van der Waals surface area contributed by atoms with Crippen LogP contribution < -0.4 is 10.6 Å². The molecule has 4 nitrogen and oxygen atoms in total. The number of halogens is 2. The van der Waals surface area contributed by atoms with Gasteiger partial charge in [-0.1, -0.05) is 12.1 Å². The maximum atomic E-state index is 13.4. The lowest BCUT2D eigenvalue weighted by molar-refractivity contribution is 0.0924. The Balaban J connectivity index is 1.82. The van der Waals surface area contributed by atoms with Crippen molar-refractivity contribution in [3.63, 3.8) is 0 Å². The molecule has 2 aromatic carbocycles. The van der Waals surface area contributed by atoms with E-state index in [-0.39, 0.29) is 24.6 Å². The first-order valence-electron chi connectivity index (χ1n) is 6.78. The normalized spacial score (nSPS) is 10.2. The number of hydrogen-bond donors (Lipinski definition) is 3. The average molecular weight is 336 g/mol. The van der Waals surface area contributed by atoms with Crippen molar-refractivity contribution in [2.24, 2.45) is 0 Å². The van der Waals surface area contributed by atoms with E-state index < -0.39 is 17.5 Å². The van der Waals surface area contributed by atoms with Gasteiger partial charge in [-0.2, -0.15) is 0 Å². The van der Waals surface area contributed by atoms with E-state index in [1.54, 1.807) is 24.3 Å². The number of thiol groups is 1. The summed E-state index contributed by atoms with van der Waals surface area (Å²) in [6.45, 7) is 0.269. The highest BCUT2D eigenvalue weighted by Crippen LogP contribution is 2.12. The van der Waals surface area contributed by atoms with E-state index in [1.807, 2.05) is 0 Å². The van der Waals surface area contributed by atoms with Crippen molar-refractivity contribution >= 4 is 24.4 Å². The van der Waals surface area contributed by atoms with Crippen LogP contribution in [0.25, 0.3) is 0 Å². The fourth-order valence-electron chi connectivity index (χ4n) is 1.88. The van der Waals surface area contributed by atoms with Gasteiger partial charge in [-0.05, 0) is 24.3 Å². The number of carbonyl (C=O) groups excluding carboxylic acids is 2. The van der Waals surface area contributed by atoms with Gasteiger partial charge >= 0.3 is 0 Å². The summed E-state index contributed by atoms with van der Waals surface area (Å²) in [5.41, 5.74) is 0.171. The van der Waals surface area contributed by atoms with Crippen molar-refractivity contribution in [2.75, 3.05) is 13.1 Å². The second-order valence-corrected chi connectivity index (χ2v) is 5.13. The topological polar surface area (TPSA) is 58.2 Å². The molecule has 2 N–H and O–H groups in total. The molecule has 120 valence electrons. The minimum atomic E-state index is -0.935. The Morgan fingerprint density at radius 1 is 0.913 bits per heavy atom. The van der Waals surface area contributed by atoms with Crippen LogP contribution in [0.1, 0.15) is 20.7 Å². The summed E-state index contributed by atoms with van der Waals surface area (Å²) in [6.07, 6.45) is 0. The SMILES string of the molecule is O=C(NCCNC(=O)c1ccccc1S)c1ccc(F)cc1F. The minimum absolute atomic E-state index is 0.107. The number of hydrogen-bond acceptors (Lipinski definition) is 3. The van der Waals surface area contributed by atoms with Crippen molar-refractivity contribution in [1.29, 1.82) is 0 Å². The molecule has 0 aliphatic heterocycles. The maximum absolute atomic E-state index is 13.4. The van der Waals surface area contributed by atoms with Crippen molar-refractivity contribution in [2.45, 2.75) is 4.90 Å². The Bertz CT molecular complexity index is 738. The van der Waals surface area contributed by atoms with Crippen molar-refractivity contribution in [3.8, 4) is 0 Å². The second-order valence-electron chi connectivity index (χ2n) is 4.65. The number of carbonyl (C=O) groups is 2. The monoisotopic (exact) mass is 336 g/mol. The number of rotatable bonds is 5. The summed E-state index contributed by atoms with van der Waals surface area (Å²) in [5.74, 6) is -2.68. The number of nitrogens with one attached hydrogen (secondary N) is 2. The maximum Gasteiger partial charge on any atom is 0.254 e. The van der Waals surface area contributed by atoms with Crippen LogP contribution in [-0.2, 0) is 0 Å². The predicted octanol–water partition coefficient (Wildman–Crippen LogP) is 2.41. The first-order valence-corrected chi connectivity index (χ1v) is 7.23. The summed E-state index contributed by atoms with van der Waals surface area (Å²) >= 11 is 4.18.